The minimum atomic E-state index is -0.100. The van der Waals surface area contributed by atoms with Gasteiger partial charge in [-0.3, -0.25) is 15.1 Å². The van der Waals surface area contributed by atoms with E-state index in [0.717, 1.165) is 26.3 Å². The molecule has 5 nitrogen and oxygen atoms in total. The van der Waals surface area contributed by atoms with Gasteiger partial charge in [0.25, 0.3) is 0 Å². The van der Waals surface area contributed by atoms with Crippen LogP contribution in [0.2, 0.25) is 0 Å². The van der Waals surface area contributed by atoms with Crippen LogP contribution in [0.5, 0.6) is 0 Å². The van der Waals surface area contributed by atoms with Crippen molar-refractivity contribution in [2.75, 3.05) is 26.3 Å². The lowest BCUT2D eigenvalue weighted by Crippen LogP contribution is -2.33. The highest BCUT2D eigenvalue weighted by molar-refractivity contribution is 5.75. The molecule has 0 unspecified atom stereocenters. The number of rotatable bonds is 3. The molecule has 1 heterocycles. The van der Waals surface area contributed by atoms with Gasteiger partial charge in [-0.15, -0.1) is 0 Å². The van der Waals surface area contributed by atoms with Crippen LogP contribution in [0.1, 0.15) is 6.42 Å². The molecule has 1 rings (SSSR count). The van der Waals surface area contributed by atoms with Crippen LogP contribution in [0.4, 0.5) is 0 Å². The highest BCUT2D eigenvalue weighted by Crippen LogP contribution is 1.93. The van der Waals surface area contributed by atoms with Gasteiger partial charge in [-0.1, -0.05) is 0 Å². The molecule has 0 aromatic carbocycles. The summed E-state index contributed by atoms with van der Waals surface area (Å²) >= 11 is 0. The zero-order valence-corrected chi connectivity index (χ0v) is 6.47. The summed E-state index contributed by atoms with van der Waals surface area (Å²) in [7, 11) is 0. The third-order valence-electron chi connectivity index (χ3n) is 1.76. The summed E-state index contributed by atoms with van der Waals surface area (Å²) in [5.41, 5.74) is 2.10. The molecule has 0 aromatic heterocycles. The molecule has 0 radical (unpaired) electrons. The first kappa shape index (κ1) is 8.45. The van der Waals surface area contributed by atoms with Gasteiger partial charge in [0, 0.05) is 32.7 Å². The number of hydrogen-bond acceptors (Lipinski definition) is 4. The molecule has 64 valence electrons. The lowest BCUT2D eigenvalue weighted by Gasteiger charge is -2.11. The van der Waals surface area contributed by atoms with E-state index in [4.69, 9.17) is 5.84 Å². The molecule has 0 aliphatic carbocycles. The number of nitrogens with zero attached hydrogens (tertiary/aromatic N) is 1. The minimum Gasteiger partial charge on any atom is -0.303 e. The highest BCUT2D eigenvalue weighted by Gasteiger charge is 2.10. The molecular weight excluding hydrogens is 144 g/mol. The SMILES string of the molecule is NNC(=O)CCN1CCNC1. The molecule has 1 aliphatic rings. The Hall–Kier alpha value is -0.650. The molecule has 0 aromatic rings. The van der Waals surface area contributed by atoms with Crippen LogP contribution >= 0.6 is 0 Å². The van der Waals surface area contributed by atoms with Crippen LogP contribution in [0, 0.1) is 0 Å². The molecule has 0 atom stereocenters. The number of amides is 1. The zero-order valence-electron chi connectivity index (χ0n) is 6.47. The molecule has 1 amide bonds. The maximum atomic E-state index is 10.7. The van der Waals surface area contributed by atoms with Gasteiger partial charge in [-0.2, -0.15) is 0 Å². The van der Waals surface area contributed by atoms with Crippen molar-refractivity contribution < 1.29 is 4.79 Å². The monoisotopic (exact) mass is 158 g/mol. The number of hydrogen-bond donors (Lipinski definition) is 3. The topological polar surface area (TPSA) is 70.4 Å². The van der Waals surface area contributed by atoms with E-state index >= 15 is 0 Å². The molecule has 4 N–H and O–H groups in total. The molecule has 11 heavy (non-hydrogen) atoms. The summed E-state index contributed by atoms with van der Waals surface area (Å²) in [5, 5.41) is 3.18. The van der Waals surface area contributed by atoms with Crippen molar-refractivity contribution in [2.24, 2.45) is 5.84 Å². The van der Waals surface area contributed by atoms with E-state index in [2.05, 4.69) is 15.6 Å². The number of nitrogens with one attached hydrogen (secondary N) is 2. The van der Waals surface area contributed by atoms with Crippen molar-refractivity contribution in [3.05, 3.63) is 0 Å². The Kier molecular flexibility index (Phi) is 3.28. The van der Waals surface area contributed by atoms with Crippen molar-refractivity contribution in [1.82, 2.24) is 15.6 Å². The van der Waals surface area contributed by atoms with Gasteiger partial charge in [-0.05, 0) is 0 Å². The molecule has 0 saturated carbocycles. The van der Waals surface area contributed by atoms with Gasteiger partial charge in [-0.25, -0.2) is 5.84 Å². The number of carbonyl (C=O) groups is 1. The van der Waals surface area contributed by atoms with Gasteiger partial charge in [0.2, 0.25) is 5.91 Å². The van der Waals surface area contributed by atoms with Crippen molar-refractivity contribution >= 4 is 5.91 Å². The smallest absolute Gasteiger partial charge is 0.235 e. The summed E-state index contributed by atoms with van der Waals surface area (Å²) in [5.74, 6) is 4.82. The second-order valence-electron chi connectivity index (χ2n) is 2.59. The summed E-state index contributed by atoms with van der Waals surface area (Å²) in [6.07, 6.45) is 0.484. The fraction of sp³-hybridized carbons (Fsp3) is 0.833. The predicted molar refractivity (Wildman–Crippen MR) is 41.4 cm³/mol. The molecule has 0 spiro atoms. The molecule has 1 aliphatic heterocycles. The highest BCUT2D eigenvalue weighted by atomic mass is 16.2. The quantitative estimate of drug-likeness (QED) is 0.258. The summed E-state index contributed by atoms with van der Waals surface area (Å²) in [6, 6.07) is 0. The Morgan fingerprint density at radius 2 is 2.55 bits per heavy atom. The Bertz CT molecular complexity index is 133. The molecular formula is C6H14N4O. The fourth-order valence-corrected chi connectivity index (χ4v) is 1.08. The van der Waals surface area contributed by atoms with E-state index in [9.17, 15) is 4.79 Å². The van der Waals surface area contributed by atoms with Crippen LogP contribution in [0.25, 0.3) is 0 Å². The molecule has 0 bridgehead atoms. The van der Waals surface area contributed by atoms with Gasteiger partial charge in [0.15, 0.2) is 0 Å². The molecule has 1 saturated heterocycles. The van der Waals surface area contributed by atoms with Crippen molar-refractivity contribution in [2.45, 2.75) is 6.42 Å². The van der Waals surface area contributed by atoms with Crippen LogP contribution < -0.4 is 16.6 Å². The van der Waals surface area contributed by atoms with Gasteiger partial charge in [0.1, 0.15) is 0 Å². The first-order chi connectivity index (χ1) is 5.33. The van der Waals surface area contributed by atoms with E-state index in [1.165, 1.54) is 0 Å². The van der Waals surface area contributed by atoms with Crippen LogP contribution in [-0.4, -0.2) is 37.1 Å². The third kappa shape index (κ3) is 2.83. The Morgan fingerprint density at radius 1 is 1.73 bits per heavy atom. The summed E-state index contributed by atoms with van der Waals surface area (Å²) in [4.78, 5) is 12.9. The second-order valence-corrected chi connectivity index (χ2v) is 2.59. The van der Waals surface area contributed by atoms with E-state index in [0.29, 0.717) is 6.42 Å². The van der Waals surface area contributed by atoms with E-state index in [1.807, 2.05) is 0 Å². The number of nitrogens with two attached hydrogens (primary N) is 1. The van der Waals surface area contributed by atoms with Gasteiger partial charge < -0.3 is 5.32 Å². The average Bonchev–Trinajstić information content (AvgIpc) is 2.52. The average molecular weight is 158 g/mol. The first-order valence-corrected chi connectivity index (χ1v) is 3.75. The predicted octanol–water partition coefficient (Wildman–Crippen LogP) is -1.77. The van der Waals surface area contributed by atoms with Crippen LogP contribution in [-0.2, 0) is 4.79 Å². The summed E-state index contributed by atoms with van der Waals surface area (Å²) < 4.78 is 0. The lowest BCUT2D eigenvalue weighted by atomic mass is 10.4. The van der Waals surface area contributed by atoms with Crippen molar-refractivity contribution in [1.29, 1.82) is 0 Å². The van der Waals surface area contributed by atoms with E-state index in [-0.39, 0.29) is 5.91 Å². The van der Waals surface area contributed by atoms with Gasteiger partial charge >= 0.3 is 0 Å². The zero-order chi connectivity index (χ0) is 8.10. The Morgan fingerprint density at radius 3 is 3.09 bits per heavy atom. The van der Waals surface area contributed by atoms with Crippen LogP contribution in [0.15, 0.2) is 0 Å². The third-order valence-corrected chi connectivity index (χ3v) is 1.76. The standard InChI is InChI=1S/C6H14N4O/c7-9-6(11)1-3-10-4-2-8-5-10/h8H,1-5,7H2,(H,9,11). The Balaban J connectivity index is 2.06. The van der Waals surface area contributed by atoms with E-state index < -0.39 is 0 Å². The van der Waals surface area contributed by atoms with E-state index in [1.54, 1.807) is 0 Å². The van der Waals surface area contributed by atoms with Crippen LogP contribution in [0.3, 0.4) is 0 Å². The second kappa shape index (κ2) is 4.27. The number of carbonyl (C=O) groups excluding carboxylic acids is 1. The molecule has 5 heteroatoms. The first-order valence-electron chi connectivity index (χ1n) is 3.75. The number of hydrazine groups is 1. The maximum Gasteiger partial charge on any atom is 0.235 e. The van der Waals surface area contributed by atoms with Gasteiger partial charge in [0.05, 0.1) is 0 Å². The lowest BCUT2D eigenvalue weighted by molar-refractivity contribution is -0.121. The van der Waals surface area contributed by atoms with Crippen molar-refractivity contribution in [3.8, 4) is 0 Å². The Labute approximate surface area is 65.9 Å². The maximum absolute atomic E-state index is 10.7. The minimum absolute atomic E-state index is 0.100. The van der Waals surface area contributed by atoms with Crippen molar-refractivity contribution in [3.63, 3.8) is 0 Å². The normalized spacial score (nSPS) is 18.6. The molecule has 1 fully saturated rings. The summed E-state index contributed by atoms with van der Waals surface area (Å²) in [6.45, 7) is 3.72. The largest absolute Gasteiger partial charge is 0.303 e. The fourth-order valence-electron chi connectivity index (χ4n) is 1.08.